The zero-order chi connectivity index (χ0) is 20.0. The SMILES string of the molecule is Cc1cccc(N2CCN(Cn3nc(-c4cccs4)n(C4CC4)c3=S)CC2)c1C. The molecule has 2 aromatic heterocycles. The van der Waals surface area contributed by atoms with Crippen LogP contribution in [0.4, 0.5) is 5.69 Å². The second-order valence-electron chi connectivity index (χ2n) is 8.15. The molecule has 0 atom stereocenters. The molecule has 2 aliphatic rings. The van der Waals surface area contributed by atoms with E-state index in [0.717, 1.165) is 43.4 Å². The molecule has 29 heavy (non-hydrogen) atoms. The van der Waals surface area contributed by atoms with Crippen LogP contribution >= 0.6 is 23.6 Å². The summed E-state index contributed by atoms with van der Waals surface area (Å²) < 4.78 is 5.19. The molecule has 0 N–H and O–H groups in total. The van der Waals surface area contributed by atoms with Crippen LogP contribution in [-0.2, 0) is 6.67 Å². The lowest BCUT2D eigenvalue weighted by molar-refractivity contribution is 0.194. The van der Waals surface area contributed by atoms with E-state index in [1.54, 1.807) is 11.3 Å². The molecule has 1 saturated carbocycles. The van der Waals surface area contributed by atoms with Crippen molar-refractivity contribution < 1.29 is 0 Å². The van der Waals surface area contributed by atoms with Gasteiger partial charge >= 0.3 is 0 Å². The van der Waals surface area contributed by atoms with Gasteiger partial charge in [-0.25, -0.2) is 4.68 Å². The normalized spacial score (nSPS) is 17.8. The molecule has 7 heteroatoms. The summed E-state index contributed by atoms with van der Waals surface area (Å²) in [5, 5.41) is 7.05. The summed E-state index contributed by atoms with van der Waals surface area (Å²) in [6, 6.07) is 11.4. The second kappa shape index (κ2) is 7.70. The molecule has 0 radical (unpaired) electrons. The van der Waals surface area contributed by atoms with Gasteiger partial charge in [0, 0.05) is 37.9 Å². The smallest absolute Gasteiger partial charge is 0.199 e. The minimum atomic E-state index is 0.537. The molecule has 152 valence electrons. The van der Waals surface area contributed by atoms with Crippen LogP contribution in [-0.4, -0.2) is 45.4 Å². The van der Waals surface area contributed by atoms with Crippen LogP contribution in [0.2, 0.25) is 0 Å². The molecule has 0 bridgehead atoms. The summed E-state index contributed by atoms with van der Waals surface area (Å²) >= 11 is 7.57. The number of nitrogens with zero attached hydrogens (tertiary/aromatic N) is 5. The Morgan fingerprint density at radius 1 is 1.07 bits per heavy atom. The standard InChI is InChI=1S/C22H27N5S2/c1-16-5-3-6-19(17(16)2)25-12-10-24(11-13-25)15-26-22(28)27(18-8-9-18)21(23-26)20-7-4-14-29-20/h3-7,14,18H,8-13,15H2,1-2H3. The Balaban J connectivity index is 1.32. The van der Waals surface area contributed by atoms with Gasteiger partial charge in [-0.3, -0.25) is 9.47 Å². The maximum Gasteiger partial charge on any atom is 0.199 e. The van der Waals surface area contributed by atoms with Crippen LogP contribution in [0.1, 0.15) is 30.0 Å². The maximum atomic E-state index is 5.83. The predicted octanol–water partition coefficient (Wildman–Crippen LogP) is 4.87. The number of thiophene rings is 1. The molecule has 1 aliphatic heterocycles. The van der Waals surface area contributed by atoms with E-state index in [1.165, 1.54) is 34.5 Å². The minimum Gasteiger partial charge on any atom is -0.369 e. The molecule has 3 aromatic rings. The highest BCUT2D eigenvalue weighted by molar-refractivity contribution is 7.71. The van der Waals surface area contributed by atoms with E-state index in [-0.39, 0.29) is 0 Å². The Hall–Kier alpha value is -1.96. The number of aromatic nitrogens is 3. The average molecular weight is 426 g/mol. The van der Waals surface area contributed by atoms with E-state index >= 15 is 0 Å². The molecule has 1 aromatic carbocycles. The van der Waals surface area contributed by atoms with E-state index in [0.29, 0.717) is 6.04 Å². The molecular weight excluding hydrogens is 398 g/mol. The van der Waals surface area contributed by atoms with Crippen molar-refractivity contribution in [2.45, 2.75) is 39.4 Å². The quantitative estimate of drug-likeness (QED) is 0.545. The minimum absolute atomic E-state index is 0.537. The van der Waals surface area contributed by atoms with Gasteiger partial charge in [-0.15, -0.1) is 16.4 Å². The van der Waals surface area contributed by atoms with Gasteiger partial charge in [0.25, 0.3) is 0 Å². The summed E-state index contributed by atoms with van der Waals surface area (Å²) in [7, 11) is 0. The Morgan fingerprint density at radius 3 is 2.55 bits per heavy atom. The van der Waals surface area contributed by atoms with E-state index in [2.05, 4.69) is 63.9 Å². The second-order valence-corrected chi connectivity index (χ2v) is 9.46. The monoisotopic (exact) mass is 425 g/mol. The van der Waals surface area contributed by atoms with E-state index < -0.39 is 0 Å². The fourth-order valence-electron chi connectivity index (χ4n) is 4.15. The summed E-state index contributed by atoms with van der Waals surface area (Å²) in [5.41, 5.74) is 4.13. The fourth-order valence-corrected chi connectivity index (χ4v) is 5.19. The zero-order valence-corrected chi connectivity index (χ0v) is 18.7. The van der Waals surface area contributed by atoms with Crippen LogP contribution in [0, 0.1) is 18.6 Å². The van der Waals surface area contributed by atoms with Crippen LogP contribution in [0.15, 0.2) is 35.7 Å². The van der Waals surface area contributed by atoms with Crippen LogP contribution < -0.4 is 4.90 Å². The van der Waals surface area contributed by atoms with Crippen molar-refractivity contribution in [2.75, 3.05) is 31.1 Å². The molecule has 0 amide bonds. The van der Waals surface area contributed by atoms with Crippen molar-refractivity contribution in [3.63, 3.8) is 0 Å². The summed E-state index contributed by atoms with van der Waals surface area (Å²) in [5.74, 6) is 1.04. The maximum absolute atomic E-state index is 5.83. The molecule has 5 rings (SSSR count). The first-order chi connectivity index (χ1) is 14.1. The average Bonchev–Trinajstić information content (AvgIpc) is 3.30. The lowest BCUT2D eigenvalue weighted by atomic mass is 10.1. The highest BCUT2D eigenvalue weighted by atomic mass is 32.1. The predicted molar refractivity (Wildman–Crippen MR) is 122 cm³/mol. The Morgan fingerprint density at radius 2 is 1.86 bits per heavy atom. The van der Waals surface area contributed by atoms with Crippen molar-refractivity contribution in [3.8, 4) is 10.7 Å². The van der Waals surface area contributed by atoms with Gasteiger partial charge in [0.05, 0.1) is 11.5 Å². The number of anilines is 1. The number of benzene rings is 1. The van der Waals surface area contributed by atoms with Crippen molar-refractivity contribution in [1.82, 2.24) is 19.2 Å². The Labute approximate surface area is 181 Å². The first-order valence-corrected chi connectivity index (χ1v) is 11.7. The highest BCUT2D eigenvalue weighted by Gasteiger charge is 2.30. The van der Waals surface area contributed by atoms with Crippen LogP contribution in [0.3, 0.4) is 0 Å². The van der Waals surface area contributed by atoms with Crippen molar-refractivity contribution in [1.29, 1.82) is 0 Å². The summed E-state index contributed by atoms with van der Waals surface area (Å²) in [6.07, 6.45) is 2.43. The highest BCUT2D eigenvalue weighted by Crippen LogP contribution is 2.39. The first-order valence-electron chi connectivity index (χ1n) is 10.4. The van der Waals surface area contributed by atoms with Gasteiger partial charge in [-0.05, 0) is 67.5 Å². The largest absolute Gasteiger partial charge is 0.369 e. The molecule has 0 unspecified atom stereocenters. The third-order valence-electron chi connectivity index (χ3n) is 6.15. The van der Waals surface area contributed by atoms with E-state index in [9.17, 15) is 0 Å². The van der Waals surface area contributed by atoms with Crippen LogP contribution in [0.25, 0.3) is 10.7 Å². The zero-order valence-electron chi connectivity index (χ0n) is 17.0. The number of rotatable bonds is 5. The van der Waals surface area contributed by atoms with Crippen molar-refractivity contribution in [3.05, 3.63) is 51.6 Å². The Kier molecular flexibility index (Phi) is 5.05. The molecule has 1 aliphatic carbocycles. The summed E-state index contributed by atoms with van der Waals surface area (Å²) in [6.45, 7) is 9.33. The topological polar surface area (TPSA) is 29.2 Å². The molecule has 0 spiro atoms. The van der Waals surface area contributed by atoms with Gasteiger partial charge in [-0.2, -0.15) is 0 Å². The Bertz CT molecular complexity index is 1050. The lowest BCUT2D eigenvalue weighted by Crippen LogP contribution is -2.47. The lowest BCUT2D eigenvalue weighted by Gasteiger charge is -2.36. The molecule has 1 saturated heterocycles. The number of aryl methyl sites for hydroxylation is 1. The van der Waals surface area contributed by atoms with Crippen molar-refractivity contribution >= 4 is 29.2 Å². The molecular formula is C22H27N5S2. The van der Waals surface area contributed by atoms with Crippen LogP contribution in [0.5, 0.6) is 0 Å². The molecule has 2 fully saturated rings. The van der Waals surface area contributed by atoms with Gasteiger partial charge in [-0.1, -0.05) is 18.2 Å². The number of hydrogen-bond acceptors (Lipinski definition) is 5. The molecule has 5 nitrogen and oxygen atoms in total. The van der Waals surface area contributed by atoms with Crippen molar-refractivity contribution in [2.24, 2.45) is 0 Å². The van der Waals surface area contributed by atoms with E-state index in [1.807, 2.05) is 4.68 Å². The van der Waals surface area contributed by atoms with Gasteiger partial charge in [0.15, 0.2) is 10.6 Å². The van der Waals surface area contributed by atoms with E-state index in [4.69, 9.17) is 17.3 Å². The van der Waals surface area contributed by atoms with Gasteiger partial charge < -0.3 is 4.90 Å². The third-order valence-corrected chi connectivity index (χ3v) is 7.42. The van der Waals surface area contributed by atoms with Gasteiger partial charge in [0.1, 0.15) is 0 Å². The number of hydrogen-bond donors (Lipinski definition) is 0. The summed E-state index contributed by atoms with van der Waals surface area (Å²) in [4.78, 5) is 6.19. The first kappa shape index (κ1) is 19.0. The third kappa shape index (κ3) is 3.67. The number of piperazine rings is 1. The fraction of sp³-hybridized carbons (Fsp3) is 0.455. The van der Waals surface area contributed by atoms with Gasteiger partial charge in [0.2, 0.25) is 0 Å². The molecule has 3 heterocycles.